The molecule has 0 aliphatic carbocycles. The number of nitrogens with one attached hydrogen (secondary N) is 1. The van der Waals surface area contributed by atoms with Crippen LogP contribution in [0.2, 0.25) is 0 Å². The van der Waals surface area contributed by atoms with Crippen LogP contribution in [-0.2, 0) is 0 Å². The molecule has 0 aliphatic rings. The highest BCUT2D eigenvalue weighted by Crippen LogP contribution is 2.17. The Balaban J connectivity index is 1.98. The van der Waals surface area contributed by atoms with Gasteiger partial charge >= 0.3 is 0 Å². The molecule has 0 aromatic carbocycles. The fraction of sp³-hybridized carbons (Fsp3) is 0.818. The molecule has 0 radical (unpaired) electrons. The third kappa shape index (κ3) is 6.45. The number of rotatable bonds is 8. The largest absolute Gasteiger partial charge is 0.313 e. The van der Waals surface area contributed by atoms with Gasteiger partial charge in [-0.15, -0.1) is 10.2 Å². The molecule has 1 atom stereocenters. The molecule has 3 nitrogen and oxygen atoms in total. The average molecular weight is 259 g/mol. The molecule has 1 aromatic heterocycles. The van der Waals surface area contributed by atoms with Gasteiger partial charge in [-0.05, 0) is 25.7 Å². The van der Waals surface area contributed by atoms with E-state index in [0.717, 1.165) is 22.6 Å². The zero-order valence-corrected chi connectivity index (χ0v) is 11.9. The average Bonchev–Trinajstić information content (AvgIpc) is 2.74. The van der Waals surface area contributed by atoms with E-state index in [0.29, 0.717) is 6.04 Å². The molecular weight excluding hydrogens is 238 g/mol. The van der Waals surface area contributed by atoms with Crippen LogP contribution in [0.15, 0.2) is 9.85 Å². The van der Waals surface area contributed by atoms with E-state index in [4.69, 9.17) is 0 Å². The molecule has 16 heavy (non-hydrogen) atoms. The van der Waals surface area contributed by atoms with Crippen molar-refractivity contribution in [3.63, 3.8) is 0 Å². The van der Waals surface area contributed by atoms with Gasteiger partial charge in [0, 0.05) is 18.3 Å². The standard InChI is InChI=1S/C11H21N3S2/c1-9(2)4-5-10(3)12-6-7-15-11-14-13-8-16-11/h8-10,12H,4-7H2,1-3H3. The molecule has 0 saturated heterocycles. The van der Waals surface area contributed by atoms with Gasteiger partial charge in [-0.1, -0.05) is 36.9 Å². The van der Waals surface area contributed by atoms with Crippen molar-refractivity contribution in [2.45, 2.75) is 44.0 Å². The van der Waals surface area contributed by atoms with Gasteiger partial charge in [0.2, 0.25) is 0 Å². The topological polar surface area (TPSA) is 37.8 Å². The molecule has 92 valence electrons. The first-order valence-corrected chi connectivity index (χ1v) is 7.67. The van der Waals surface area contributed by atoms with Crippen molar-refractivity contribution in [2.75, 3.05) is 12.3 Å². The Morgan fingerprint density at radius 2 is 2.19 bits per heavy atom. The highest BCUT2D eigenvalue weighted by atomic mass is 32.2. The Morgan fingerprint density at radius 3 is 2.81 bits per heavy atom. The molecule has 0 saturated carbocycles. The van der Waals surface area contributed by atoms with E-state index in [2.05, 4.69) is 36.3 Å². The lowest BCUT2D eigenvalue weighted by Gasteiger charge is -2.14. The molecule has 1 heterocycles. The molecule has 1 unspecified atom stereocenters. The maximum atomic E-state index is 4.00. The molecule has 0 amide bonds. The molecule has 0 aliphatic heterocycles. The Bertz CT molecular complexity index is 262. The van der Waals surface area contributed by atoms with E-state index < -0.39 is 0 Å². The van der Waals surface area contributed by atoms with Crippen LogP contribution in [0.25, 0.3) is 0 Å². The lowest BCUT2D eigenvalue weighted by molar-refractivity contribution is 0.460. The van der Waals surface area contributed by atoms with Crippen LogP contribution in [-0.4, -0.2) is 28.5 Å². The lowest BCUT2D eigenvalue weighted by atomic mass is 10.0. The molecule has 5 heteroatoms. The van der Waals surface area contributed by atoms with Crippen LogP contribution in [0, 0.1) is 5.92 Å². The van der Waals surface area contributed by atoms with E-state index in [-0.39, 0.29) is 0 Å². The van der Waals surface area contributed by atoms with Crippen molar-refractivity contribution in [3.05, 3.63) is 5.51 Å². The van der Waals surface area contributed by atoms with E-state index in [9.17, 15) is 0 Å². The fourth-order valence-corrected chi connectivity index (χ4v) is 2.78. The third-order valence-corrected chi connectivity index (χ3v) is 4.20. The van der Waals surface area contributed by atoms with Crippen LogP contribution in [0.1, 0.15) is 33.6 Å². The second kappa shape index (κ2) is 8.03. The van der Waals surface area contributed by atoms with Gasteiger partial charge in [-0.2, -0.15) is 0 Å². The summed E-state index contributed by atoms with van der Waals surface area (Å²) in [4.78, 5) is 0. The SMILES string of the molecule is CC(C)CCC(C)NCCSc1nncs1. The first kappa shape index (κ1) is 13.9. The van der Waals surface area contributed by atoms with Crippen molar-refractivity contribution in [2.24, 2.45) is 5.92 Å². The minimum absolute atomic E-state index is 0.623. The van der Waals surface area contributed by atoms with Gasteiger partial charge in [0.25, 0.3) is 0 Å². The monoisotopic (exact) mass is 259 g/mol. The van der Waals surface area contributed by atoms with Gasteiger partial charge in [0.15, 0.2) is 4.34 Å². The summed E-state index contributed by atoms with van der Waals surface area (Å²) in [5.41, 5.74) is 1.78. The lowest BCUT2D eigenvalue weighted by Crippen LogP contribution is -2.28. The number of thioether (sulfide) groups is 1. The van der Waals surface area contributed by atoms with Crippen LogP contribution in [0.5, 0.6) is 0 Å². The number of hydrogen-bond acceptors (Lipinski definition) is 5. The maximum absolute atomic E-state index is 4.00. The van der Waals surface area contributed by atoms with Crippen molar-refractivity contribution in [1.82, 2.24) is 15.5 Å². The summed E-state index contributed by atoms with van der Waals surface area (Å²) < 4.78 is 1.07. The van der Waals surface area contributed by atoms with Crippen LogP contribution < -0.4 is 5.32 Å². The van der Waals surface area contributed by atoms with Gasteiger partial charge in [-0.25, -0.2) is 0 Å². The van der Waals surface area contributed by atoms with Crippen molar-refractivity contribution < 1.29 is 0 Å². The number of aromatic nitrogens is 2. The summed E-state index contributed by atoms with van der Waals surface area (Å²) in [6.45, 7) is 7.86. The third-order valence-electron chi connectivity index (χ3n) is 2.34. The molecule has 1 rings (SSSR count). The first-order chi connectivity index (χ1) is 7.68. The fourth-order valence-electron chi connectivity index (χ4n) is 1.35. The zero-order valence-electron chi connectivity index (χ0n) is 10.3. The summed E-state index contributed by atoms with van der Waals surface area (Å²) in [6, 6.07) is 0.623. The van der Waals surface area contributed by atoms with Gasteiger partial charge in [0.1, 0.15) is 5.51 Å². The predicted octanol–water partition coefficient (Wildman–Crippen LogP) is 3.04. The molecular formula is C11H21N3S2. The molecule has 1 aromatic rings. The normalized spacial score (nSPS) is 13.2. The van der Waals surface area contributed by atoms with Crippen LogP contribution in [0.4, 0.5) is 0 Å². The van der Waals surface area contributed by atoms with Gasteiger partial charge in [-0.3, -0.25) is 0 Å². The quantitative estimate of drug-likeness (QED) is 0.575. The molecule has 0 fully saturated rings. The Morgan fingerprint density at radius 1 is 1.38 bits per heavy atom. The van der Waals surface area contributed by atoms with Crippen LogP contribution in [0.3, 0.4) is 0 Å². The highest BCUT2D eigenvalue weighted by Gasteiger charge is 2.03. The Hall–Kier alpha value is -0.130. The van der Waals surface area contributed by atoms with Gasteiger partial charge in [0.05, 0.1) is 0 Å². The number of hydrogen-bond donors (Lipinski definition) is 1. The number of nitrogens with zero attached hydrogens (tertiary/aromatic N) is 2. The van der Waals surface area contributed by atoms with E-state index in [1.165, 1.54) is 12.8 Å². The maximum Gasteiger partial charge on any atom is 0.174 e. The zero-order chi connectivity index (χ0) is 11.8. The summed E-state index contributed by atoms with van der Waals surface area (Å²) in [5, 5.41) is 11.3. The smallest absolute Gasteiger partial charge is 0.174 e. The molecule has 0 spiro atoms. The summed E-state index contributed by atoms with van der Waals surface area (Å²) in [7, 11) is 0. The van der Waals surface area contributed by atoms with Crippen LogP contribution >= 0.6 is 23.1 Å². The van der Waals surface area contributed by atoms with E-state index >= 15 is 0 Å². The Labute approximate surface area is 106 Å². The second-order valence-corrected chi connectivity index (χ2v) is 6.55. The molecule has 0 bridgehead atoms. The van der Waals surface area contributed by atoms with E-state index in [1.807, 2.05) is 0 Å². The summed E-state index contributed by atoms with van der Waals surface area (Å²) >= 11 is 3.38. The predicted molar refractivity (Wildman–Crippen MR) is 72.2 cm³/mol. The minimum Gasteiger partial charge on any atom is -0.313 e. The van der Waals surface area contributed by atoms with Gasteiger partial charge < -0.3 is 5.32 Å². The summed E-state index contributed by atoms with van der Waals surface area (Å²) in [5.74, 6) is 1.88. The highest BCUT2D eigenvalue weighted by molar-refractivity contribution is 8.01. The molecule has 1 N–H and O–H groups in total. The second-order valence-electron chi connectivity index (χ2n) is 4.38. The van der Waals surface area contributed by atoms with Crippen molar-refractivity contribution in [1.29, 1.82) is 0 Å². The Kier molecular flexibility index (Phi) is 7.00. The van der Waals surface area contributed by atoms with Crippen molar-refractivity contribution in [3.8, 4) is 0 Å². The minimum atomic E-state index is 0.623. The first-order valence-electron chi connectivity index (χ1n) is 5.81. The van der Waals surface area contributed by atoms with Crippen molar-refractivity contribution >= 4 is 23.1 Å². The van der Waals surface area contributed by atoms with E-state index in [1.54, 1.807) is 28.6 Å². The summed E-state index contributed by atoms with van der Waals surface area (Å²) in [6.07, 6.45) is 2.57.